The molecule has 0 saturated heterocycles. The van der Waals surface area contributed by atoms with Crippen LogP contribution in [0.5, 0.6) is 11.5 Å². The van der Waals surface area contributed by atoms with E-state index in [-0.39, 0.29) is 17.2 Å². The Bertz CT molecular complexity index is 1380. The lowest BCUT2D eigenvalue weighted by Crippen LogP contribution is -2.13. The third-order valence-corrected chi connectivity index (χ3v) is 5.83. The largest absolute Gasteiger partial charge is 0.490 e. The van der Waals surface area contributed by atoms with Crippen molar-refractivity contribution >= 4 is 58.4 Å². The monoisotopic (exact) mass is 558 g/mol. The van der Waals surface area contributed by atoms with Gasteiger partial charge in [0.05, 0.1) is 24.3 Å². The molecule has 1 amide bonds. The van der Waals surface area contributed by atoms with Gasteiger partial charge in [-0.2, -0.15) is 5.26 Å². The van der Waals surface area contributed by atoms with Crippen molar-refractivity contribution in [3.05, 3.63) is 91.9 Å². The Morgan fingerprint density at radius 2 is 1.73 bits per heavy atom. The van der Waals surface area contributed by atoms with Crippen molar-refractivity contribution in [2.75, 3.05) is 19.0 Å². The topological polar surface area (TPSA) is 97.7 Å². The summed E-state index contributed by atoms with van der Waals surface area (Å²) in [5, 5.41) is 13.4. The van der Waals surface area contributed by atoms with Gasteiger partial charge in [0.15, 0.2) is 11.5 Å². The highest BCUT2D eigenvalue weighted by molar-refractivity contribution is 6.35. The van der Waals surface area contributed by atoms with Crippen LogP contribution in [0.25, 0.3) is 6.08 Å². The SMILES string of the molecule is CCOc1cc(/C=C(\C#N)C(=O)Nc2ccc(C(=O)OC)cc2)cc(Cl)c1OCc1ccc(Cl)cc1Cl. The second-order valence-corrected chi connectivity index (χ2v) is 8.73. The maximum absolute atomic E-state index is 12.7. The molecule has 1 N–H and O–H groups in total. The van der Waals surface area contributed by atoms with Gasteiger partial charge in [0.1, 0.15) is 18.2 Å². The van der Waals surface area contributed by atoms with Gasteiger partial charge in [0, 0.05) is 21.3 Å². The first kappa shape index (κ1) is 27.9. The van der Waals surface area contributed by atoms with Gasteiger partial charge in [0.25, 0.3) is 5.91 Å². The highest BCUT2D eigenvalue weighted by Crippen LogP contribution is 2.38. The Hall–Kier alpha value is -3.70. The van der Waals surface area contributed by atoms with Gasteiger partial charge in [0.2, 0.25) is 0 Å². The summed E-state index contributed by atoms with van der Waals surface area (Å²) in [5.74, 6) is -0.510. The van der Waals surface area contributed by atoms with Crippen molar-refractivity contribution in [3.8, 4) is 17.6 Å². The van der Waals surface area contributed by atoms with Crippen molar-refractivity contribution < 1.29 is 23.8 Å². The van der Waals surface area contributed by atoms with Gasteiger partial charge in [-0.3, -0.25) is 4.79 Å². The van der Waals surface area contributed by atoms with E-state index in [4.69, 9.17) is 44.3 Å². The molecule has 7 nitrogen and oxygen atoms in total. The van der Waals surface area contributed by atoms with Gasteiger partial charge in [-0.1, -0.05) is 40.9 Å². The van der Waals surface area contributed by atoms with E-state index in [0.29, 0.717) is 50.5 Å². The summed E-state index contributed by atoms with van der Waals surface area (Å²) in [6, 6.07) is 16.2. The Kier molecular flexibility index (Phi) is 9.81. The number of benzene rings is 3. The molecule has 37 heavy (non-hydrogen) atoms. The van der Waals surface area contributed by atoms with E-state index in [1.165, 1.54) is 37.5 Å². The van der Waals surface area contributed by atoms with Gasteiger partial charge in [-0.05, 0) is 67.1 Å². The molecule has 0 saturated carbocycles. The quantitative estimate of drug-likeness (QED) is 0.173. The van der Waals surface area contributed by atoms with Crippen LogP contribution in [0.4, 0.5) is 5.69 Å². The smallest absolute Gasteiger partial charge is 0.337 e. The zero-order valence-corrected chi connectivity index (χ0v) is 22.1. The van der Waals surface area contributed by atoms with Gasteiger partial charge < -0.3 is 19.5 Å². The summed E-state index contributed by atoms with van der Waals surface area (Å²) in [6.45, 7) is 2.25. The van der Waals surface area contributed by atoms with E-state index in [9.17, 15) is 14.9 Å². The number of hydrogen-bond donors (Lipinski definition) is 1. The van der Waals surface area contributed by atoms with Crippen LogP contribution in [-0.2, 0) is 16.1 Å². The number of nitrogens with zero attached hydrogens (tertiary/aromatic N) is 1. The molecule has 0 aliphatic heterocycles. The molecule has 0 bridgehead atoms. The van der Waals surface area contributed by atoms with Crippen LogP contribution in [0, 0.1) is 11.3 Å². The average molecular weight is 560 g/mol. The van der Waals surface area contributed by atoms with Crippen LogP contribution in [0.2, 0.25) is 15.1 Å². The maximum Gasteiger partial charge on any atom is 0.337 e. The summed E-state index contributed by atoms with van der Waals surface area (Å²) >= 11 is 18.7. The van der Waals surface area contributed by atoms with Gasteiger partial charge in [-0.25, -0.2) is 4.79 Å². The number of nitrogens with one attached hydrogen (secondary N) is 1. The molecule has 0 aromatic heterocycles. The number of hydrogen-bond acceptors (Lipinski definition) is 6. The second-order valence-electron chi connectivity index (χ2n) is 7.48. The first-order valence-electron chi connectivity index (χ1n) is 10.9. The minimum Gasteiger partial charge on any atom is -0.490 e. The fraction of sp³-hybridized carbons (Fsp3) is 0.148. The first-order chi connectivity index (χ1) is 17.7. The van der Waals surface area contributed by atoms with Crippen molar-refractivity contribution in [1.29, 1.82) is 5.26 Å². The summed E-state index contributed by atoms with van der Waals surface area (Å²) in [4.78, 5) is 24.3. The number of rotatable bonds is 9. The summed E-state index contributed by atoms with van der Waals surface area (Å²) in [6.07, 6.45) is 1.38. The van der Waals surface area contributed by atoms with E-state index in [1.807, 2.05) is 6.07 Å². The number of ether oxygens (including phenoxy) is 3. The number of carbonyl (C=O) groups excluding carboxylic acids is 2. The lowest BCUT2D eigenvalue weighted by molar-refractivity contribution is -0.112. The number of anilines is 1. The lowest BCUT2D eigenvalue weighted by Gasteiger charge is -2.15. The zero-order valence-electron chi connectivity index (χ0n) is 19.8. The second kappa shape index (κ2) is 13.0. The fourth-order valence-electron chi connectivity index (χ4n) is 3.18. The van der Waals surface area contributed by atoms with Gasteiger partial charge >= 0.3 is 5.97 Å². The molecule has 10 heteroatoms. The molecule has 0 radical (unpaired) electrons. The van der Waals surface area contributed by atoms with E-state index in [0.717, 1.165) is 0 Å². The number of carbonyl (C=O) groups is 2. The molecule has 0 unspecified atom stereocenters. The van der Waals surface area contributed by atoms with Crippen LogP contribution in [0.3, 0.4) is 0 Å². The molecule has 0 atom stereocenters. The molecular weight excluding hydrogens is 539 g/mol. The molecule has 3 aromatic rings. The molecule has 0 fully saturated rings. The zero-order chi connectivity index (χ0) is 26.9. The first-order valence-corrected chi connectivity index (χ1v) is 12.0. The van der Waals surface area contributed by atoms with Crippen molar-refractivity contribution in [2.45, 2.75) is 13.5 Å². The predicted octanol–water partition coefficient (Wildman–Crippen LogP) is 6.96. The number of esters is 1. The number of amides is 1. The lowest BCUT2D eigenvalue weighted by atomic mass is 10.1. The molecule has 3 rings (SSSR count). The number of methoxy groups -OCH3 is 1. The van der Waals surface area contributed by atoms with E-state index < -0.39 is 11.9 Å². The summed E-state index contributed by atoms with van der Waals surface area (Å²) in [7, 11) is 1.28. The third-order valence-electron chi connectivity index (χ3n) is 4.96. The predicted molar refractivity (Wildman–Crippen MR) is 143 cm³/mol. The minimum atomic E-state index is -0.639. The summed E-state index contributed by atoms with van der Waals surface area (Å²) < 4.78 is 16.2. The number of nitriles is 1. The van der Waals surface area contributed by atoms with Crippen LogP contribution < -0.4 is 14.8 Å². The average Bonchev–Trinajstić information content (AvgIpc) is 2.87. The van der Waals surface area contributed by atoms with Crippen LogP contribution in [-0.4, -0.2) is 25.6 Å². The Labute approximate surface area is 229 Å². The molecule has 0 heterocycles. The molecule has 0 aliphatic rings. The van der Waals surface area contributed by atoms with Crippen molar-refractivity contribution in [1.82, 2.24) is 0 Å². The van der Waals surface area contributed by atoms with Crippen LogP contribution in [0.15, 0.2) is 60.2 Å². The van der Waals surface area contributed by atoms with Crippen LogP contribution in [0.1, 0.15) is 28.4 Å². The third kappa shape index (κ3) is 7.40. The van der Waals surface area contributed by atoms with Crippen LogP contribution >= 0.6 is 34.8 Å². The van der Waals surface area contributed by atoms with Gasteiger partial charge in [-0.15, -0.1) is 0 Å². The standard InChI is InChI=1S/C27H21Cl3N2O5/c1-3-36-24-12-16(11-23(30)25(24)37-15-18-4-7-20(28)13-22(18)29)10-19(14-31)26(33)32-21-8-5-17(6-9-21)27(34)35-2/h4-13H,3,15H2,1-2H3,(H,32,33)/b19-10+. The summed E-state index contributed by atoms with van der Waals surface area (Å²) in [5.41, 5.74) is 1.72. The Morgan fingerprint density at radius 3 is 2.35 bits per heavy atom. The fourth-order valence-corrected chi connectivity index (χ4v) is 3.92. The highest BCUT2D eigenvalue weighted by Gasteiger charge is 2.16. The van der Waals surface area contributed by atoms with Crippen molar-refractivity contribution in [2.24, 2.45) is 0 Å². The molecule has 0 spiro atoms. The van der Waals surface area contributed by atoms with E-state index in [1.54, 1.807) is 37.3 Å². The Balaban J connectivity index is 1.82. The van der Waals surface area contributed by atoms with E-state index in [2.05, 4.69) is 10.1 Å². The van der Waals surface area contributed by atoms with E-state index >= 15 is 0 Å². The number of halogens is 3. The highest BCUT2D eigenvalue weighted by atomic mass is 35.5. The molecule has 190 valence electrons. The minimum absolute atomic E-state index is 0.117. The molecule has 3 aromatic carbocycles. The normalized spacial score (nSPS) is 10.9. The van der Waals surface area contributed by atoms with Crippen molar-refractivity contribution in [3.63, 3.8) is 0 Å². The maximum atomic E-state index is 12.7. The molecular formula is C27H21Cl3N2O5. The molecule has 0 aliphatic carbocycles. The Morgan fingerprint density at radius 1 is 1.00 bits per heavy atom.